The third-order valence-corrected chi connectivity index (χ3v) is 6.81. The fourth-order valence-corrected chi connectivity index (χ4v) is 5.37. The predicted molar refractivity (Wildman–Crippen MR) is 101 cm³/mol. The van der Waals surface area contributed by atoms with Gasteiger partial charge in [-0.2, -0.15) is 0 Å². The highest BCUT2D eigenvalue weighted by molar-refractivity contribution is 7.89. The first-order chi connectivity index (χ1) is 11.9. The monoisotopic (exact) mass is 374 g/mol. The van der Waals surface area contributed by atoms with Gasteiger partial charge in [-0.1, -0.05) is 35.4 Å². The number of benzene rings is 2. The third kappa shape index (κ3) is 3.08. The molecule has 2 N–H and O–H groups in total. The second-order valence-electron chi connectivity index (χ2n) is 6.62. The molecule has 2 aromatic carbocycles. The minimum Gasteiger partial charge on any atom is -0.358 e. The Kier molecular flexibility index (Phi) is 4.10. The molecule has 25 heavy (non-hydrogen) atoms. The van der Waals surface area contributed by atoms with E-state index in [0.29, 0.717) is 6.42 Å². The van der Waals surface area contributed by atoms with Gasteiger partial charge in [0.2, 0.25) is 10.0 Å². The molecule has 4 rings (SSSR count). The van der Waals surface area contributed by atoms with Crippen molar-refractivity contribution in [3.8, 4) is 0 Å². The Balaban J connectivity index is 1.63. The van der Waals surface area contributed by atoms with Crippen LogP contribution < -0.4 is 4.72 Å². The number of hydrogen-bond acceptors (Lipinski definition) is 2. The molecule has 1 aliphatic rings. The Hall–Kier alpha value is -1.82. The van der Waals surface area contributed by atoms with Crippen LogP contribution in [0.3, 0.4) is 0 Å². The van der Waals surface area contributed by atoms with Crippen LogP contribution in [0.5, 0.6) is 0 Å². The molecular formula is C19H19ClN2O2S. The third-order valence-electron chi connectivity index (χ3n) is 4.79. The SMILES string of the molecule is Cc1ccc2[nH]c3c(c2c1)CC(NS(=O)(=O)c1ccccc1Cl)CC3. The summed E-state index contributed by atoms with van der Waals surface area (Å²) in [7, 11) is -3.63. The molecule has 0 aliphatic heterocycles. The van der Waals surface area contributed by atoms with Crippen LogP contribution >= 0.6 is 11.6 Å². The van der Waals surface area contributed by atoms with Gasteiger partial charge in [0.15, 0.2) is 0 Å². The Labute approximate surface area is 152 Å². The van der Waals surface area contributed by atoms with Crippen LogP contribution in [0.15, 0.2) is 47.4 Å². The molecule has 3 aromatic rings. The van der Waals surface area contributed by atoms with Gasteiger partial charge in [-0.25, -0.2) is 13.1 Å². The number of aryl methyl sites for hydroxylation is 2. The number of halogens is 1. The van der Waals surface area contributed by atoms with Gasteiger partial charge >= 0.3 is 0 Å². The fourth-order valence-electron chi connectivity index (χ4n) is 3.58. The maximum absolute atomic E-state index is 12.7. The molecule has 1 atom stereocenters. The number of sulfonamides is 1. The van der Waals surface area contributed by atoms with Gasteiger partial charge < -0.3 is 4.98 Å². The van der Waals surface area contributed by atoms with Crippen LogP contribution in [0, 0.1) is 6.92 Å². The number of fused-ring (bicyclic) bond motifs is 3. The standard InChI is InChI=1S/C19H19ClN2O2S/c1-12-6-8-17-14(10-12)15-11-13(7-9-18(15)21-17)22-25(23,24)19-5-3-2-4-16(19)20/h2-6,8,10,13,21-22H,7,9,11H2,1H3. The molecule has 1 aliphatic carbocycles. The molecule has 1 aromatic heterocycles. The zero-order chi connectivity index (χ0) is 17.6. The number of H-pyrrole nitrogens is 1. The molecule has 130 valence electrons. The van der Waals surface area contributed by atoms with Crippen LogP contribution in [0.25, 0.3) is 10.9 Å². The van der Waals surface area contributed by atoms with Crippen molar-refractivity contribution in [2.24, 2.45) is 0 Å². The second-order valence-corrected chi connectivity index (χ2v) is 8.71. The van der Waals surface area contributed by atoms with E-state index in [4.69, 9.17) is 11.6 Å². The summed E-state index contributed by atoms with van der Waals surface area (Å²) in [6, 6.07) is 12.7. The molecule has 0 spiro atoms. The second kappa shape index (κ2) is 6.16. The van der Waals surface area contributed by atoms with Gasteiger partial charge in [0, 0.05) is 22.6 Å². The lowest BCUT2D eigenvalue weighted by atomic mass is 9.92. The highest BCUT2D eigenvalue weighted by Crippen LogP contribution is 2.31. The summed E-state index contributed by atoms with van der Waals surface area (Å²) in [6.07, 6.45) is 2.28. The summed E-state index contributed by atoms with van der Waals surface area (Å²) >= 11 is 6.06. The first-order valence-corrected chi connectivity index (χ1v) is 10.2. The van der Waals surface area contributed by atoms with E-state index in [1.165, 1.54) is 28.3 Å². The summed E-state index contributed by atoms with van der Waals surface area (Å²) in [5, 5.41) is 1.44. The zero-order valence-electron chi connectivity index (χ0n) is 13.8. The van der Waals surface area contributed by atoms with E-state index in [0.717, 1.165) is 18.4 Å². The van der Waals surface area contributed by atoms with Gasteiger partial charge in [-0.15, -0.1) is 0 Å². The van der Waals surface area contributed by atoms with E-state index in [1.807, 2.05) is 0 Å². The average molecular weight is 375 g/mol. The van der Waals surface area contributed by atoms with Crippen molar-refractivity contribution >= 4 is 32.5 Å². The molecular weight excluding hydrogens is 356 g/mol. The molecule has 0 amide bonds. The summed E-state index contributed by atoms with van der Waals surface area (Å²) < 4.78 is 28.2. The molecule has 0 radical (unpaired) electrons. The van der Waals surface area contributed by atoms with E-state index < -0.39 is 10.0 Å². The first kappa shape index (κ1) is 16.6. The van der Waals surface area contributed by atoms with Crippen molar-refractivity contribution < 1.29 is 8.42 Å². The number of hydrogen-bond donors (Lipinski definition) is 2. The van der Waals surface area contributed by atoms with E-state index in [-0.39, 0.29) is 16.0 Å². The number of aromatic amines is 1. The highest BCUT2D eigenvalue weighted by Gasteiger charge is 2.27. The van der Waals surface area contributed by atoms with Crippen molar-refractivity contribution in [3.63, 3.8) is 0 Å². The van der Waals surface area contributed by atoms with E-state index in [9.17, 15) is 8.42 Å². The summed E-state index contributed by atoms with van der Waals surface area (Å²) in [4.78, 5) is 3.61. The van der Waals surface area contributed by atoms with Gasteiger partial charge in [0.25, 0.3) is 0 Å². The van der Waals surface area contributed by atoms with Crippen molar-refractivity contribution in [1.29, 1.82) is 0 Å². The largest absolute Gasteiger partial charge is 0.358 e. The molecule has 0 saturated carbocycles. The Morgan fingerprint density at radius 3 is 2.80 bits per heavy atom. The zero-order valence-corrected chi connectivity index (χ0v) is 15.4. The van der Waals surface area contributed by atoms with Gasteiger partial charge in [-0.3, -0.25) is 0 Å². The fraction of sp³-hybridized carbons (Fsp3) is 0.263. The van der Waals surface area contributed by atoms with Crippen molar-refractivity contribution in [3.05, 3.63) is 64.3 Å². The summed E-state index contributed by atoms with van der Waals surface area (Å²) in [5.74, 6) is 0. The first-order valence-electron chi connectivity index (χ1n) is 8.31. The van der Waals surface area contributed by atoms with E-state index in [1.54, 1.807) is 18.2 Å². The van der Waals surface area contributed by atoms with Crippen LogP contribution in [0.4, 0.5) is 0 Å². The molecule has 4 nitrogen and oxygen atoms in total. The Bertz CT molecular complexity index is 1060. The molecule has 0 bridgehead atoms. The highest BCUT2D eigenvalue weighted by atomic mass is 35.5. The summed E-state index contributed by atoms with van der Waals surface area (Å²) in [6.45, 7) is 2.07. The average Bonchev–Trinajstić information content (AvgIpc) is 2.92. The Morgan fingerprint density at radius 2 is 2.00 bits per heavy atom. The lowest BCUT2D eigenvalue weighted by Crippen LogP contribution is -2.38. The molecule has 6 heteroatoms. The van der Waals surface area contributed by atoms with E-state index in [2.05, 4.69) is 34.8 Å². The van der Waals surface area contributed by atoms with Gasteiger partial charge in [0.05, 0.1) is 5.02 Å². The Morgan fingerprint density at radius 1 is 1.20 bits per heavy atom. The minimum absolute atomic E-state index is 0.131. The van der Waals surface area contributed by atoms with Gasteiger partial charge in [0.1, 0.15) is 4.90 Å². The van der Waals surface area contributed by atoms with Crippen LogP contribution in [0.1, 0.15) is 23.2 Å². The number of nitrogens with one attached hydrogen (secondary N) is 2. The van der Waals surface area contributed by atoms with E-state index >= 15 is 0 Å². The van der Waals surface area contributed by atoms with Crippen LogP contribution in [-0.4, -0.2) is 19.4 Å². The predicted octanol–water partition coefficient (Wildman–Crippen LogP) is 3.97. The topological polar surface area (TPSA) is 62.0 Å². The molecule has 1 unspecified atom stereocenters. The maximum atomic E-state index is 12.7. The smallest absolute Gasteiger partial charge is 0.242 e. The van der Waals surface area contributed by atoms with Crippen molar-refractivity contribution in [1.82, 2.24) is 9.71 Å². The normalized spacial score (nSPS) is 17.6. The maximum Gasteiger partial charge on any atom is 0.242 e. The van der Waals surface area contributed by atoms with Gasteiger partial charge in [-0.05, 0) is 56.0 Å². The molecule has 0 saturated heterocycles. The van der Waals surface area contributed by atoms with Crippen molar-refractivity contribution in [2.45, 2.75) is 37.1 Å². The van der Waals surface area contributed by atoms with Crippen LogP contribution in [-0.2, 0) is 22.9 Å². The summed E-state index contributed by atoms with van der Waals surface area (Å²) in [5.41, 5.74) is 4.75. The molecule has 0 fully saturated rings. The van der Waals surface area contributed by atoms with Crippen molar-refractivity contribution in [2.75, 3.05) is 0 Å². The lowest BCUT2D eigenvalue weighted by Gasteiger charge is -2.23. The minimum atomic E-state index is -3.63. The lowest BCUT2D eigenvalue weighted by molar-refractivity contribution is 0.506. The van der Waals surface area contributed by atoms with Crippen LogP contribution in [0.2, 0.25) is 5.02 Å². The number of aromatic nitrogens is 1. The number of rotatable bonds is 3. The molecule has 1 heterocycles. The quantitative estimate of drug-likeness (QED) is 0.728.